The number of hydrogen-bond acceptors (Lipinski definition) is 3. The largest absolute Gasteiger partial charge is 0.378 e. The van der Waals surface area contributed by atoms with Crippen molar-refractivity contribution in [1.29, 1.82) is 0 Å². The molecule has 1 aliphatic rings. The predicted octanol–water partition coefficient (Wildman–Crippen LogP) is 2.73. The number of hydrogen-bond donors (Lipinski definition) is 0. The third kappa shape index (κ3) is 3.60. The molecule has 0 amide bonds. The Hall–Kier alpha value is -1.76. The van der Waals surface area contributed by atoms with Gasteiger partial charge in [0.1, 0.15) is 5.82 Å². The van der Waals surface area contributed by atoms with Crippen molar-refractivity contribution < 1.29 is 17.5 Å². The van der Waals surface area contributed by atoms with Gasteiger partial charge >= 0.3 is 0 Å². The summed E-state index contributed by atoms with van der Waals surface area (Å²) in [5, 5.41) is 0. The van der Waals surface area contributed by atoms with Gasteiger partial charge in [0.25, 0.3) is 0 Å². The van der Waals surface area contributed by atoms with Crippen LogP contribution >= 0.6 is 0 Å². The van der Waals surface area contributed by atoms with Gasteiger partial charge in [-0.25, -0.2) is 12.8 Å². The molecule has 0 bridgehead atoms. The summed E-state index contributed by atoms with van der Waals surface area (Å²) in [6, 6.07) is 15.1. The van der Waals surface area contributed by atoms with E-state index >= 15 is 0 Å². The van der Waals surface area contributed by atoms with Crippen molar-refractivity contribution in [3.8, 4) is 0 Å². The molecule has 0 aromatic heterocycles. The van der Waals surface area contributed by atoms with Gasteiger partial charge in [0, 0.05) is 12.1 Å². The number of rotatable bonds is 3. The maximum atomic E-state index is 14.0. The Morgan fingerprint density at radius 1 is 1.09 bits per heavy atom. The lowest BCUT2D eigenvalue weighted by atomic mass is 10.1. The van der Waals surface area contributed by atoms with Crippen LogP contribution in [0.1, 0.15) is 17.2 Å². The summed E-state index contributed by atoms with van der Waals surface area (Å²) in [4.78, 5) is 0. The second kappa shape index (κ2) is 6.78. The van der Waals surface area contributed by atoms with E-state index in [1.54, 1.807) is 18.2 Å². The molecule has 122 valence electrons. The zero-order valence-corrected chi connectivity index (χ0v) is 13.4. The van der Waals surface area contributed by atoms with E-state index in [2.05, 4.69) is 0 Å². The van der Waals surface area contributed by atoms with E-state index in [0.717, 1.165) is 5.56 Å². The van der Waals surface area contributed by atoms with E-state index in [-0.39, 0.29) is 25.5 Å². The van der Waals surface area contributed by atoms with Crippen molar-refractivity contribution in [2.45, 2.75) is 12.6 Å². The molecule has 1 fully saturated rings. The van der Waals surface area contributed by atoms with Crippen molar-refractivity contribution in [2.24, 2.45) is 0 Å². The molecule has 4 nitrogen and oxygen atoms in total. The van der Waals surface area contributed by atoms with E-state index in [9.17, 15) is 12.8 Å². The zero-order chi connectivity index (χ0) is 16.3. The maximum absolute atomic E-state index is 14.0. The van der Waals surface area contributed by atoms with Crippen molar-refractivity contribution >= 4 is 10.0 Å². The number of nitrogens with zero attached hydrogens (tertiary/aromatic N) is 1. The molecule has 3 rings (SSSR count). The molecule has 1 aliphatic heterocycles. The van der Waals surface area contributed by atoms with E-state index in [4.69, 9.17) is 4.74 Å². The van der Waals surface area contributed by atoms with Crippen LogP contribution in [-0.2, 0) is 21.3 Å². The Balaban J connectivity index is 2.00. The number of ether oxygens (including phenoxy) is 1. The highest BCUT2D eigenvalue weighted by Crippen LogP contribution is 2.29. The second-order valence-electron chi connectivity index (χ2n) is 5.45. The molecule has 1 saturated heterocycles. The van der Waals surface area contributed by atoms with Gasteiger partial charge in [0.15, 0.2) is 0 Å². The topological polar surface area (TPSA) is 46.6 Å². The zero-order valence-electron chi connectivity index (χ0n) is 12.6. The lowest BCUT2D eigenvalue weighted by molar-refractivity contribution is 0.109. The third-order valence-electron chi connectivity index (χ3n) is 3.93. The van der Waals surface area contributed by atoms with Crippen LogP contribution < -0.4 is 0 Å². The van der Waals surface area contributed by atoms with Crippen LogP contribution in [0.5, 0.6) is 0 Å². The minimum absolute atomic E-state index is 0.00206. The summed E-state index contributed by atoms with van der Waals surface area (Å²) in [5.41, 5.74) is 1.20. The normalized spacial score (nSPS) is 21.7. The van der Waals surface area contributed by atoms with Gasteiger partial charge in [-0.3, -0.25) is 0 Å². The highest BCUT2D eigenvalue weighted by atomic mass is 32.2. The quantitative estimate of drug-likeness (QED) is 0.866. The van der Waals surface area contributed by atoms with E-state index in [1.807, 2.05) is 30.3 Å². The van der Waals surface area contributed by atoms with Gasteiger partial charge in [0.05, 0.1) is 25.0 Å². The van der Waals surface area contributed by atoms with Gasteiger partial charge in [-0.15, -0.1) is 0 Å². The Morgan fingerprint density at radius 3 is 2.52 bits per heavy atom. The standard InChI is InChI=1S/C17H18FNO3S/c18-16-9-5-4-8-15(16)12-19-17(14-6-2-1-3-7-14)13-22-10-11-23(19,20)21/h1-9,17H,10-13H2/t17-/m1/s1. The predicted molar refractivity (Wildman–Crippen MR) is 85.7 cm³/mol. The Morgan fingerprint density at radius 2 is 1.78 bits per heavy atom. The first-order valence-electron chi connectivity index (χ1n) is 7.43. The minimum atomic E-state index is -3.53. The molecule has 0 radical (unpaired) electrons. The number of sulfonamides is 1. The molecule has 1 atom stereocenters. The first-order chi connectivity index (χ1) is 11.1. The Bertz CT molecular complexity index is 764. The van der Waals surface area contributed by atoms with Crippen LogP contribution in [0.2, 0.25) is 0 Å². The van der Waals surface area contributed by atoms with Crippen LogP contribution in [-0.4, -0.2) is 31.7 Å². The van der Waals surface area contributed by atoms with Crippen molar-refractivity contribution in [3.63, 3.8) is 0 Å². The molecule has 0 spiro atoms. The summed E-state index contributed by atoms with van der Waals surface area (Å²) in [5.74, 6) is -0.496. The summed E-state index contributed by atoms with van der Waals surface area (Å²) in [6.45, 7) is 0.412. The fourth-order valence-corrected chi connectivity index (χ4v) is 4.16. The maximum Gasteiger partial charge on any atom is 0.217 e. The smallest absolute Gasteiger partial charge is 0.217 e. The van der Waals surface area contributed by atoms with Crippen LogP contribution in [0.3, 0.4) is 0 Å². The van der Waals surface area contributed by atoms with Gasteiger partial charge in [-0.1, -0.05) is 48.5 Å². The molecular formula is C17H18FNO3S. The van der Waals surface area contributed by atoms with Crippen molar-refractivity contribution in [1.82, 2.24) is 4.31 Å². The minimum Gasteiger partial charge on any atom is -0.378 e. The highest BCUT2D eigenvalue weighted by Gasteiger charge is 2.34. The lowest BCUT2D eigenvalue weighted by Gasteiger charge is -2.28. The summed E-state index contributed by atoms with van der Waals surface area (Å²) >= 11 is 0. The van der Waals surface area contributed by atoms with Crippen LogP contribution in [0.4, 0.5) is 4.39 Å². The lowest BCUT2D eigenvalue weighted by Crippen LogP contribution is -2.36. The molecule has 23 heavy (non-hydrogen) atoms. The molecule has 0 N–H and O–H groups in total. The monoisotopic (exact) mass is 335 g/mol. The van der Waals surface area contributed by atoms with Gasteiger partial charge < -0.3 is 4.74 Å². The third-order valence-corrected chi connectivity index (χ3v) is 5.72. The molecular weight excluding hydrogens is 317 g/mol. The van der Waals surface area contributed by atoms with Crippen LogP contribution in [0, 0.1) is 5.82 Å². The fourth-order valence-electron chi connectivity index (χ4n) is 2.69. The Kier molecular flexibility index (Phi) is 4.75. The number of halogens is 1. The van der Waals surface area contributed by atoms with E-state index < -0.39 is 21.9 Å². The van der Waals surface area contributed by atoms with Crippen molar-refractivity contribution in [2.75, 3.05) is 19.0 Å². The van der Waals surface area contributed by atoms with Gasteiger partial charge in [0.2, 0.25) is 10.0 Å². The van der Waals surface area contributed by atoms with Gasteiger partial charge in [-0.05, 0) is 11.6 Å². The second-order valence-corrected chi connectivity index (χ2v) is 7.50. The summed E-state index contributed by atoms with van der Waals surface area (Å²) in [6.07, 6.45) is 0. The molecule has 0 saturated carbocycles. The fraction of sp³-hybridized carbons (Fsp3) is 0.294. The summed E-state index contributed by atoms with van der Waals surface area (Å²) < 4.78 is 46.1. The SMILES string of the molecule is O=S1(=O)CCOC[C@H](c2ccccc2)N1Cc1ccccc1F. The van der Waals surface area contributed by atoms with Crippen LogP contribution in [0.15, 0.2) is 54.6 Å². The summed E-state index contributed by atoms with van der Waals surface area (Å²) in [7, 11) is -3.53. The highest BCUT2D eigenvalue weighted by molar-refractivity contribution is 7.89. The van der Waals surface area contributed by atoms with Gasteiger partial charge in [-0.2, -0.15) is 4.31 Å². The molecule has 2 aromatic carbocycles. The van der Waals surface area contributed by atoms with E-state index in [0.29, 0.717) is 5.56 Å². The number of benzene rings is 2. The average Bonchev–Trinajstić information content (AvgIpc) is 2.69. The molecule has 0 aliphatic carbocycles. The van der Waals surface area contributed by atoms with Crippen LogP contribution in [0.25, 0.3) is 0 Å². The first-order valence-corrected chi connectivity index (χ1v) is 9.04. The molecule has 6 heteroatoms. The average molecular weight is 335 g/mol. The molecule has 1 heterocycles. The molecule has 0 unspecified atom stereocenters. The van der Waals surface area contributed by atoms with Crippen molar-refractivity contribution in [3.05, 3.63) is 71.5 Å². The van der Waals surface area contributed by atoms with E-state index in [1.165, 1.54) is 10.4 Å². The first kappa shape index (κ1) is 16.1. The molecule has 2 aromatic rings. The Labute approximate surface area is 135 Å².